The minimum atomic E-state index is 0.450. The predicted octanol–water partition coefficient (Wildman–Crippen LogP) is 4.91. The molecule has 0 atom stereocenters. The molecule has 1 aromatic carbocycles. The predicted molar refractivity (Wildman–Crippen MR) is 86.4 cm³/mol. The highest BCUT2D eigenvalue weighted by molar-refractivity contribution is 6.31. The van der Waals surface area contributed by atoms with Crippen LogP contribution in [0.5, 0.6) is 0 Å². The number of hydrogen-bond donors (Lipinski definition) is 1. The number of aromatic nitrogens is 1. The zero-order chi connectivity index (χ0) is 14.1. The number of nitrogens with zero attached hydrogens (tertiary/aromatic N) is 1. The molecule has 1 heterocycles. The number of benzene rings is 1. The molecule has 0 unspecified atom stereocenters. The summed E-state index contributed by atoms with van der Waals surface area (Å²) in [5, 5.41) is 5.81. The maximum Gasteiger partial charge on any atom is 0.0500 e. The van der Waals surface area contributed by atoms with Crippen LogP contribution in [-0.2, 0) is 6.54 Å². The van der Waals surface area contributed by atoms with Crippen LogP contribution in [0.1, 0.15) is 51.3 Å². The van der Waals surface area contributed by atoms with Crippen molar-refractivity contribution in [2.24, 2.45) is 0 Å². The molecule has 2 nitrogen and oxygen atoms in total. The Kier molecular flexibility index (Phi) is 4.04. The maximum absolute atomic E-state index is 6.16. The Hall–Kier alpha value is -0.990. The summed E-state index contributed by atoms with van der Waals surface area (Å²) in [7, 11) is 0. The Bertz CT molecular complexity index is 594. The van der Waals surface area contributed by atoms with E-state index in [2.05, 4.69) is 41.9 Å². The molecule has 0 bridgehead atoms. The molecule has 3 heteroatoms. The van der Waals surface area contributed by atoms with Crippen LogP contribution in [0.3, 0.4) is 0 Å². The third-order valence-corrected chi connectivity index (χ3v) is 4.56. The molecule has 0 spiro atoms. The molecule has 0 saturated heterocycles. The van der Waals surface area contributed by atoms with Crippen LogP contribution in [0.4, 0.5) is 0 Å². The van der Waals surface area contributed by atoms with Gasteiger partial charge in [-0.25, -0.2) is 0 Å². The second-order valence-electron chi connectivity index (χ2n) is 6.16. The van der Waals surface area contributed by atoms with Crippen molar-refractivity contribution in [2.45, 2.75) is 58.2 Å². The average molecular weight is 291 g/mol. The van der Waals surface area contributed by atoms with Gasteiger partial charge in [0.2, 0.25) is 0 Å². The Labute approximate surface area is 126 Å². The first-order valence-electron chi connectivity index (χ1n) is 7.68. The van der Waals surface area contributed by atoms with Gasteiger partial charge in [0, 0.05) is 40.2 Å². The van der Waals surface area contributed by atoms with E-state index >= 15 is 0 Å². The third kappa shape index (κ3) is 2.72. The number of fused-ring (bicyclic) bond motifs is 1. The summed E-state index contributed by atoms with van der Waals surface area (Å²) >= 11 is 6.16. The number of rotatable bonds is 4. The average Bonchev–Trinajstić information content (AvgIpc) is 3.02. The monoisotopic (exact) mass is 290 g/mol. The Morgan fingerprint density at radius 3 is 2.70 bits per heavy atom. The zero-order valence-corrected chi connectivity index (χ0v) is 13.1. The molecule has 1 N–H and O–H groups in total. The fourth-order valence-corrected chi connectivity index (χ4v) is 3.54. The van der Waals surface area contributed by atoms with Gasteiger partial charge >= 0.3 is 0 Å². The molecule has 0 radical (unpaired) electrons. The number of hydrogen-bond acceptors (Lipinski definition) is 1. The van der Waals surface area contributed by atoms with Crippen LogP contribution in [-0.4, -0.2) is 10.6 Å². The van der Waals surface area contributed by atoms with Gasteiger partial charge in [-0.1, -0.05) is 30.5 Å². The number of nitrogens with one attached hydrogen (secondary N) is 1. The number of halogens is 1. The van der Waals surface area contributed by atoms with Crippen molar-refractivity contribution in [3.8, 4) is 0 Å². The summed E-state index contributed by atoms with van der Waals surface area (Å²) in [6.07, 6.45) is 5.41. The maximum atomic E-state index is 6.16. The van der Waals surface area contributed by atoms with Crippen molar-refractivity contribution >= 4 is 22.5 Å². The molecule has 0 amide bonds. The summed E-state index contributed by atoms with van der Waals surface area (Å²) in [5.74, 6) is 0. The largest absolute Gasteiger partial charge is 0.341 e. The molecule has 1 aliphatic rings. The van der Waals surface area contributed by atoms with Crippen molar-refractivity contribution in [1.29, 1.82) is 0 Å². The van der Waals surface area contributed by atoms with Crippen molar-refractivity contribution in [2.75, 3.05) is 0 Å². The zero-order valence-electron chi connectivity index (χ0n) is 12.3. The van der Waals surface area contributed by atoms with E-state index in [-0.39, 0.29) is 0 Å². The lowest BCUT2D eigenvalue weighted by atomic mass is 10.2. The van der Waals surface area contributed by atoms with Gasteiger partial charge < -0.3 is 9.88 Å². The quantitative estimate of drug-likeness (QED) is 0.847. The standard InChI is InChI=1S/C17H23ClN2/c1-12(2)20-16(11-19-15-5-3-4-6-15)9-13-7-8-14(18)10-17(13)20/h7-10,12,15,19H,3-6,11H2,1-2H3. The Morgan fingerprint density at radius 1 is 1.25 bits per heavy atom. The highest BCUT2D eigenvalue weighted by Crippen LogP contribution is 2.27. The van der Waals surface area contributed by atoms with Gasteiger partial charge in [-0.2, -0.15) is 0 Å². The van der Waals surface area contributed by atoms with Crippen molar-refractivity contribution in [3.05, 3.63) is 35.0 Å². The third-order valence-electron chi connectivity index (χ3n) is 4.33. The van der Waals surface area contributed by atoms with E-state index < -0.39 is 0 Å². The summed E-state index contributed by atoms with van der Waals surface area (Å²) in [6, 6.07) is 9.63. The van der Waals surface area contributed by atoms with Crippen LogP contribution in [0.2, 0.25) is 5.02 Å². The van der Waals surface area contributed by atoms with Crippen LogP contribution in [0, 0.1) is 0 Å². The summed E-state index contributed by atoms with van der Waals surface area (Å²) in [4.78, 5) is 0. The summed E-state index contributed by atoms with van der Waals surface area (Å²) < 4.78 is 2.41. The lowest BCUT2D eigenvalue weighted by molar-refractivity contribution is 0.497. The molecule has 108 valence electrons. The minimum Gasteiger partial charge on any atom is -0.341 e. The summed E-state index contributed by atoms with van der Waals surface area (Å²) in [5.41, 5.74) is 2.61. The van der Waals surface area contributed by atoms with E-state index in [9.17, 15) is 0 Å². The SMILES string of the molecule is CC(C)n1c(CNC2CCCC2)cc2ccc(Cl)cc21. The van der Waals surface area contributed by atoms with E-state index in [1.807, 2.05) is 6.07 Å². The van der Waals surface area contributed by atoms with E-state index in [1.165, 1.54) is 42.3 Å². The van der Waals surface area contributed by atoms with Crippen molar-refractivity contribution in [1.82, 2.24) is 9.88 Å². The molecule has 1 fully saturated rings. The molecule has 1 aliphatic carbocycles. The van der Waals surface area contributed by atoms with Gasteiger partial charge in [-0.15, -0.1) is 0 Å². The molecule has 1 saturated carbocycles. The van der Waals surface area contributed by atoms with Gasteiger partial charge in [0.1, 0.15) is 0 Å². The highest BCUT2D eigenvalue weighted by Gasteiger charge is 2.16. The van der Waals surface area contributed by atoms with Gasteiger partial charge in [0.25, 0.3) is 0 Å². The van der Waals surface area contributed by atoms with E-state index in [0.29, 0.717) is 12.1 Å². The second-order valence-corrected chi connectivity index (χ2v) is 6.60. The first-order valence-corrected chi connectivity index (χ1v) is 8.05. The van der Waals surface area contributed by atoms with E-state index in [4.69, 9.17) is 11.6 Å². The molecular formula is C17H23ClN2. The first kappa shape index (κ1) is 14.0. The topological polar surface area (TPSA) is 17.0 Å². The van der Waals surface area contributed by atoms with E-state index in [1.54, 1.807) is 0 Å². The first-order chi connectivity index (χ1) is 9.65. The van der Waals surface area contributed by atoms with Gasteiger partial charge in [0.15, 0.2) is 0 Å². The van der Waals surface area contributed by atoms with Crippen molar-refractivity contribution < 1.29 is 0 Å². The molecule has 3 rings (SSSR count). The fraction of sp³-hybridized carbons (Fsp3) is 0.529. The molecule has 2 aromatic rings. The van der Waals surface area contributed by atoms with Gasteiger partial charge in [-0.3, -0.25) is 0 Å². The smallest absolute Gasteiger partial charge is 0.0500 e. The highest BCUT2D eigenvalue weighted by atomic mass is 35.5. The van der Waals surface area contributed by atoms with Gasteiger partial charge in [-0.05, 0) is 44.9 Å². The Morgan fingerprint density at radius 2 is 2.00 bits per heavy atom. The summed E-state index contributed by atoms with van der Waals surface area (Å²) in [6.45, 7) is 5.42. The minimum absolute atomic E-state index is 0.450. The van der Waals surface area contributed by atoms with Crippen LogP contribution in [0.15, 0.2) is 24.3 Å². The van der Waals surface area contributed by atoms with Gasteiger partial charge in [0.05, 0.1) is 0 Å². The van der Waals surface area contributed by atoms with Crippen LogP contribution >= 0.6 is 11.6 Å². The van der Waals surface area contributed by atoms with Crippen LogP contribution in [0.25, 0.3) is 10.9 Å². The molecule has 0 aliphatic heterocycles. The molecule has 1 aromatic heterocycles. The normalized spacial score (nSPS) is 16.6. The second kappa shape index (κ2) is 5.79. The molecular weight excluding hydrogens is 268 g/mol. The Balaban J connectivity index is 1.90. The molecule has 20 heavy (non-hydrogen) atoms. The van der Waals surface area contributed by atoms with E-state index in [0.717, 1.165) is 11.6 Å². The van der Waals surface area contributed by atoms with Crippen LogP contribution < -0.4 is 5.32 Å². The lowest BCUT2D eigenvalue weighted by Gasteiger charge is -2.17. The van der Waals surface area contributed by atoms with Crippen molar-refractivity contribution in [3.63, 3.8) is 0 Å². The fourth-order valence-electron chi connectivity index (χ4n) is 3.38. The lowest BCUT2D eigenvalue weighted by Crippen LogP contribution is -2.26.